The van der Waals surface area contributed by atoms with E-state index in [0.717, 1.165) is 11.8 Å². The number of aliphatic carboxylic acids is 1. The van der Waals surface area contributed by atoms with Gasteiger partial charge in [-0.15, -0.1) is 0 Å². The fourth-order valence-corrected chi connectivity index (χ4v) is 4.49. The minimum absolute atomic E-state index is 0. The summed E-state index contributed by atoms with van der Waals surface area (Å²) < 4.78 is 10.2. The molecule has 2 fully saturated rings. The van der Waals surface area contributed by atoms with Crippen molar-refractivity contribution in [2.45, 2.75) is 31.9 Å². The summed E-state index contributed by atoms with van der Waals surface area (Å²) in [6.45, 7) is 7.57. The van der Waals surface area contributed by atoms with Crippen LogP contribution in [-0.2, 0) is 19.1 Å². The number of hydrogen-bond donors (Lipinski definition) is 2. The molecule has 0 bridgehead atoms. The first-order valence-electron chi connectivity index (χ1n) is 7.44. The molecule has 0 aromatic rings. The number of nitrogens with zero attached hydrogens (tertiary/aromatic N) is 1. The van der Waals surface area contributed by atoms with E-state index in [1.165, 1.54) is 6.92 Å². The van der Waals surface area contributed by atoms with Crippen molar-refractivity contribution in [2.75, 3.05) is 13.2 Å². The molecule has 0 aromatic carbocycles. The van der Waals surface area contributed by atoms with Crippen molar-refractivity contribution in [3.8, 4) is 0 Å². The molecule has 1 amide bonds. The van der Waals surface area contributed by atoms with Gasteiger partial charge in [0.15, 0.2) is 5.60 Å². The number of carboxylic acids is 1. The van der Waals surface area contributed by atoms with Gasteiger partial charge in [-0.1, -0.05) is 18.3 Å². The summed E-state index contributed by atoms with van der Waals surface area (Å²) in [5.41, 5.74) is -0.516. The van der Waals surface area contributed by atoms with Crippen LogP contribution in [0, 0.1) is 5.92 Å². The van der Waals surface area contributed by atoms with Gasteiger partial charge in [0.05, 0.1) is 5.03 Å². The molecule has 0 spiro atoms. The van der Waals surface area contributed by atoms with E-state index in [4.69, 9.17) is 9.47 Å². The molecule has 2 N–H and O–H groups in total. The maximum absolute atomic E-state index is 11.6. The fraction of sp³-hybridized carbons (Fsp3) is 0.533. The molecule has 8 nitrogen and oxygen atoms in total. The second-order valence-corrected chi connectivity index (χ2v) is 7.46. The number of carbonyl (C=O) groups excluding carboxylic acids is 2. The van der Waals surface area contributed by atoms with Crippen molar-refractivity contribution in [2.24, 2.45) is 5.92 Å². The van der Waals surface area contributed by atoms with E-state index in [0.29, 0.717) is 22.9 Å². The molecular weight excluding hydrogens is 359 g/mol. The molecule has 0 radical (unpaired) electrons. The third-order valence-corrected chi connectivity index (χ3v) is 5.50. The second-order valence-electron chi connectivity index (χ2n) is 6.27. The molecular formula is C15H19N2NaO6S. The molecule has 25 heavy (non-hydrogen) atoms. The zero-order chi connectivity index (χ0) is 17.6. The van der Waals surface area contributed by atoms with Gasteiger partial charge in [0.25, 0.3) is 0 Å². The number of hydrogen-bond acceptors (Lipinski definition) is 7. The van der Waals surface area contributed by atoms with Crippen molar-refractivity contribution in [1.82, 2.24) is 10.2 Å². The van der Waals surface area contributed by atoms with E-state index in [1.54, 1.807) is 4.90 Å². The van der Waals surface area contributed by atoms with E-state index in [9.17, 15) is 19.5 Å². The molecule has 3 aliphatic rings. The number of carbonyl (C=O) groups is 3. The van der Waals surface area contributed by atoms with Gasteiger partial charge < -0.3 is 24.8 Å². The summed E-state index contributed by atoms with van der Waals surface area (Å²) >= 11 is 1.16. The zero-order valence-electron chi connectivity index (χ0n) is 13.3. The van der Waals surface area contributed by atoms with E-state index in [2.05, 4.69) is 11.9 Å². The van der Waals surface area contributed by atoms with E-state index in [1.807, 2.05) is 6.92 Å². The second kappa shape index (κ2) is 7.22. The number of nitrogens with one attached hydrogen (secondary N) is 1. The van der Waals surface area contributed by atoms with Gasteiger partial charge in [0.2, 0.25) is 5.91 Å². The number of cyclic esters (lactones) is 2. The van der Waals surface area contributed by atoms with Crippen LogP contribution in [-0.4, -0.2) is 82.4 Å². The van der Waals surface area contributed by atoms with Crippen LogP contribution in [0.5, 0.6) is 0 Å². The Kier molecular flexibility index (Phi) is 5.82. The Hall–Kier alpha value is -1.16. The van der Waals surface area contributed by atoms with E-state index in [-0.39, 0.29) is 59.7 Å². The predicted octanol–water partition coefficient (Wildman–Crippen LogP) is 0.604. The summed E-state index contributed by atoms with van der Waals surface area (Å²) in [7, 11) is 0. The van der Waals surface area contributed by atoms with Crippen molar-refractivity contribution in [3.05, 3.63) is 22.2 Å². The Morgan fingerprint density at radius 1 is 1.48 bits per heavy atom. The monoisotopic (exact) mass is 378 g/mol. The molecule has 10 heteroatoms. The first-order chi connectivity index (χ1) is 11.2. The molecule has 3 aliphatic heterocycles. The van der Waals surface area contributed by atoms with Crippen LogP contribution >= 0.6 is 11.8 Å². The molecule has 0 aliphatic carbocycles. The van der Waals surface area contributed by atoms with Crippen LogP contribution in [0.25, 0.3) is 0 Å². The zero-order valence-corrected chi connectivity index (χ0v) is 14.1. The van der Waals surface area contributed by atoms with Crippen LogP contribution in [0.15, 0.2) is 22.2 Å². The average Bonchev–Trinajstić information content (AvgIpc) is 2.89. The van der Waals surface area contributed by atoms with Gasteiger partial charge in [-0.2, -0.15) is 0 Å². The van der Waals surface area contributed by atoms with Gasteiger partial charge in [-0.25, -0.2) is 9.59 Å². The number of amides is 1. The minimum atomic E-state index is -1.01. The van der Waals surface area contributed by atoms with Crippen LogP contribution in [0.1, 0.15) is 20.3 Å². The van der Waals surface area contributed by atoms with Crippen LogP contribution in [0.4, 0.5) is 4.79 Å². The van der Waals surface area contributed by atoms with Gasteiger partial charge in [-0.3, -0.25) is 4.79 Å². The number of thioether (sulfide) groups is 1. The maximum atomic E-state index is 11.6. The molecule has 3 rings (SSSR count). The van der Waals surface area contributed by atoms with Crippen LogP contribution < -0.4 is 5.32 Å². The number of ether oxygens (including phenoxy) is 2. The average molecular weight is 378 g/mol. The Balaban J connectivity index is 0.00000225. The Morgan fingerprint density at radius 2 is 2.16 bits per heavy atom. The normalized spacial score (nSPS) is 29.8. The predicted molar refractivity (Wildman–Crippen MR) is 91.8 cm³/mol. The molecule has 3 unspecified atom stereocenters. The summed E-state index contributed by atoms with van der Waals surface area (Å²) in [6, 6.07) is -0.0665. The van der Waals surface area contributed by atoms with Gasteiger partial charge in [0, 0.05) is 36.8 Å². The van der Waals surface area contributed by atoms with Gasteiger partial charge >= 0.3 is 41.7 Å². The number of rotatable bonds is 5. The number of fused-ring (bicyclic) bond motifs is 1. The van der Waals surface area contributed by atoms with Crippen molar-refractivity contribution in [3.63, 3.8) is 0 Å². The Bertz CT molecular complexity index is 681. The summed E-state index contributed by atoms with van der Waals surface area (Å²) in [4.78, 5) is 36.4. The summed E-state index contributed by atoms with van der Waals surface area (Å²) in [5, 5.41) is 12.5. The van der Waals surface area contributed by atoms with Crippen molar-refractivity contribution in [1.29, 1.82) is 0 Å². The quantitative estimate of drug-likeness (QED) is 0.529. The Labute approximate surface area is 171 Å². The fourth-order valence-electron chi connectivity index (χ4n) is 3.44. The van der Waals surface area contributed by atoms with E-state index >= 15 is 0 Å². The molecule has 132 valence electrons. The van der Waals surface area contributed by atoms with E-state index < -0.39 is 17.7 Å². The molecule has 2 saturated heterocycles. The first kappa shape index (κ1) is 20.2. The molecule has 3 heterocycles. The van der Waals surface area contributed by atoms with Crippen molar-refractivity contribution < 1.29 is 29.0 Å². The molecule has 0 aromatic heterocycles. The third-order valence-electron chi connectivity index (χ3n) is 4.55. The summed E-state index contributed by atoms with van der Waals surface area (Å²) in [5.74, 6) is -1.28. The van der Waals surface area contributed by atoms with Crippen molar-refractivity contribution >= 4 is 59.4 Å². The SMILES string of the molecule is C=C(NC(C)=O)SC1=C(C(=O)O)N2CC(C3(C)COC(=O)O3)C2C1.[NaH]. The summed E-state index contributed by atoms with van der Waals surface area (Å²) in [6.07, 6.45) is -0.183. The van der Waals surface area contributed by atoms with Crippen LogP contribution in [0.2, 0.25) is 0 Å². The van der Waals surface area contributed by atoms with Gasteiger partial charge in [0.1, 0.15) is 12.3 Å². The molecule has 3 atom stereocenters. The Morgan fingerprint density at radius 3 is 2.68 bits per heavy atom. The third kappa shape index (κ3) is 3.69. The standard InChI is InChI=1S/C15H18N2O6S.Na.H/c1-7(18)16-8(2)24-11-4-10-9(5-17(10)12(11)13(19)20)15(3)6-22-14(21)23-15;;/h9-10H,2,4-6H2,1,3H3,(H,16,18)(H,19,20);;. The molecule has 0 saturated carbocycles. The topological polar surface area (TPSA) is 105 Å². The first-order valence-corrected chi connectivity index (χ1v) is 8.26. The van der Waals surface area contributed by atoms with Gasteiger partial charge in [-0.05, 0) is 6.92 Å². The van der Waals surface area contributed by atoms with Crippen LogP contribution in [0.3, 0.4) is 0 Å². The number of carboxylic acid groups (broad SMARTS) is 1.